The molecule has 0 saturated heterocycles. The Morgan fingerprint density at radius 2 is 2.04 bits per heavy atom. The maximum absolute atomic E-state index is 12.6. The zero-order chi connectivity index (χ0) is 16.4. The third-order valence-electron chi connectivity index (χ3n) is 3.66. The van der Waals surface area contributed by atoms with Gasteiger partial charge in [0.15, 0.2) is 0 Å². The zero-order valence-corrected chi connectivity index (χ0v) is 13.8. The molecule has 0 atom stereocenters. The van der Waals surface area contributed by atoms with Gasteiger partial charge in [-0.05, 0) is 30.3 Å². The predicted molar refractivity (Wildman–Crippen MR) is 89.0 cm³/mol. The summed E-state index contributed by atoms with van der Waals surface area (Å²) in [5.41, 5.74) is 1.22. The monoisotopic (exact) mass is 334 g/mol. The second kappa shape index (κ2) is 6.00. The van der Waals surface area contributed by atoms with E-state index in [1.807, 2.05) is 11.9 Å². The van der Waals surface area contributed by atoms with Crippen LogP contribution < -0.4 is 19.1 Å². The second-order valence-electron chi connectivity index (χ2n) is 5.24. The van der Waals surface area contributed by atoms with Crippen LogP contribution in [0.4, 0.5) is 11.4 Å². The van der Waals surface area contributed by atoms with E-state index in [9.17, 15) is 8.42 Å². The van der Waals surface area contributed by atoms with E-state index in [4.69, 9.17) is 9.47 Å². The number of anilines is 2. The van der Waals surface area contributed by atoms with Crippen molar-refractivity contribution in [3.8, 4) is 11.5 Å². The van der Waals surface area contributed by atoms with Crippen LogP contribution in [0.3, 0.4) is 0 Å². The van der Waals surface area contributed by atoms with E-state index in [0.29, 0.717) is 23.8 Å². The van der Waals surface area contributed by atoms with Gasteiger partial charge in [0.1, 0.15) is 18.1 Å². The number of benzene rings is 2. The van der Waals surface area contributed by atoms with Gasteiger partial charge in [0.05, 0.1) is 29.9 Å². The van der Waals surface area contributed by atoms with Crippen molar-refractivity contribution in [2.24, 2.45) is 0 Å². The summed E-state index contributed by atoms with van der Waals surface area (Å²) >= 11 is 0. The Labute approximate surface area is 135 Å². The Morgan fingerprint density at radius 3 is 2.83 bits per heavy atom. The number of hydrogen-bond donors (Lipinski definition) is 1. The van der Waals surface area contributed by atoms with Crippen molar-refractivity contribution in [1.82, 2.24) is 0 Å². The molecule has 2 aromatic carbocycles. The number of fused-ring (bicyclic) bond motifs is 1. The number of ether oxygens (including phenoxy) is 2. The number of rotatable bonds is 4. The van der Waals surface area contributed by atoms with Crippen LogP contribution in [0.2, 0.25) is 0 Å². The van der Waals surface area contributed by atoms with E-state index in [2.05, 4.69) is 4.72 Å². The number of sulfonamides is 1. The lowest BCUT2D eigenvalue weighted by atomic mass is 10.2. The number of methoxy groups -OCH3 is 1. The fourth-order valence-electron chi connectivity index (χ4n) is 2.40. The van der Waals surface area contributed by atoms with Gasteiger partial charge in [-0.1, -0.05) is 6.07 Å². The topological polar surface area (TPSA) is 67.9 Å². The smallest absolute Gasteiger partial charge is 0.261 e. The Balaban J connectivity index is 1.92. The molecule has 1 aliphatic rings. The first-order chi connectivity index (χ1) is 11.0. The third-order valence-corrected chi connectivity index (χ3v) is 5.04. The lowest BCUT2D eigenvalue weighted by Gasteiger charge is -2.28. The molecule has 122 valence electrons. The molecule has 0 radical (unpaired) electrons. The van der Waals surface area contributed by atoms with Crippen LogP contribution in [-0.2, 0) is 10.0 Å². The molecule has 3 rings (SSSR count). The van der Waals surface area contributed by atoms with Gasteiger partial charge in [0.25, 0.3) is 10.0 Å². The van der Waals surface area contributed by atoms with E-state index in [1.54, 1.807) is 42.5 Å². The molecule has 0 amide bonds. The van der Waals surface area contributed by atoms with E-state index >= 15 is 0 Å². The summed E-state index contributed by atoms with van der Waals surface area (Å²) in [6.45, 7) is 1.32. The van der Waals surface area contributed by atoms with Gasteiger partial charge in [0, 0.05) is 13.1 Å². The molecule has 0 aliphatic carbocycles. The average Bonchev–Trinajstić information content (AvgIpc) is 2.54. The fourth-order valence-corrected chi connectivity index (χ4v) is 3.47. The molecule has 0 unspecified atom stereocenters. The maximum Gasteiger partial charge on any atom is 0.261 e. The molecule has 1 N–H and O–H groups in total. The molecule has 2 aromatic rings. The SMILES string of the molecule is COc1cccc(NS(=O)(=O)c2ccc3c(c2)N(C)CCO3)c1. The van der Waals surface area contributed by atoms with Crippen molar-refractivity contribution in [3.63, 3.8) is 0 Å². The van der Waals surface area contributed by atoms with Crippen LogP contribution in [0.5, 0.6) is 11.5 Å². The molecule has 7 heteroatoms. The van der Waals surface area contributed by atoms with Crippen LogP contribution in [0.25, 0.3) is 0 Å². The summed E-state index contributed by atoms with van der Waals surface area (Å²) in [5, 5.41) is 0. The number of likely N-dealkylation sites (N-methyl/N-ethyl adjacent to an activating group) is 1. The van der Waals surface area contributed by atoms with E-state index < -0.39 is 10.0 Å². The summed E-state index contributed by atoms with van der Waals surface area (Å²) in [4.78, 5) is 2.17. The molecule has 0 aromatic heterocycles. The van der Waals surface area contributed by atoms with Crippen LogP contribution in [0.15, 0.2) is 47.4 Å². The molecule has 6 nitrogen and oxygen atoms in total. The van der Waals surface area contributed by atoms with E-state index in [-0.39, 0.29) is 4.90 Å². The highest BCUT2D eigenvalue weighted by molar-refractivity contribution is 7.92. The van der Waals surface area contributed by atoms with Crippen molar-refractivity contribution in [2.45, 2.75) is 4.90 Å². The van der Waals surface area contributed by atoms with Gasteiger partial charge >= 0.3 is 0 Å². The average molecular weight is 334 g/mol. The minimum absolute atomic E-state index is 0.191. The lowest BCUT2D eigenvalue weighted by Crippen LogP contribution is -2.29. The van der Waals surface area contributed by atoms with Crippen molar-refractivity contribution in [1.29, 1.82) is 0 Å². The standard InChI is InChI=1S/C16H18N2O4S/c1-18-8-9-22-16-7-6-14(11-15(16)18)23(19,20)17-12-4-3-5-13(10-12)21-2/h3-7,10-11,17H,8-9H2,1-2H3. The molecule has 1 aliphatic heterocycles. The Kier molecular flexibility index (Phi) is 4.04. The third kappa shape index (κ3) is 3.19. The number of nitrogens with one attached hydrogen (secondary N) is 1. The molecule has 0 fully saturated rings. The van der Waals surface area contributed by atoms with Crippen LogP contribution in [0, 0.1) is 0 Å². The van der Waals surface area contributed by atoms with Gasteiger partial charge in [-0.2, -0.15) is 0 Å². The summed E-state index contributed by atoms with van der Waals surface area (Å²) in [6, 6.07) is 11.6. The Hall–Kier alpha value is -2.41. The largest absolute Gasteiger partial charge is 0.497 e. The first-order valence-electron chi connectivity index (χ1n) is 7.14. The normalized spacial score (nSPS) is 13.9. The molecular weight excluding hydrogens is 316 g/mol. The molecule has 0 saturated carbocycles. The van der Waals surface area contributed by atoms with E-state index in [1.165, 1.54) is 7.11 Å². The van der Waals surface area contributed by atoms with Gasteiger partial charge in [-0.15, -0.1) is 0 Å². The molecule has 1 heterocycles. The van der Waals surface area contributed by atoms with E-state index in [0.717, 1.165) is 12.2 Å². The molecule has 0 bridgehead atoms. The maximum atomic E-state index is 12.6. The van der Waals surface area contributed by atoms with Crippen molar-refractivity contribution < 1.29 is 17.9 Å². The van der Waals surface area contributed by atoms with Gasteiger partial charge in [0.2, 0.25) is 0 Å². The minimum atomic E-state index is -3.68. The zero-order valence-electron chi connectivity index (χ0n) is 12.9. The first-order valence-corrected chi connectivity index (χ1v) is 8.63. The second-order valence-corrected chi connectivity index (χ2v) is 6.92. The van der Waals surface area contributed by atoms with Crippen LogP contribution in [0.1, 0.15) is 0 Å². The van der Waals surface area contributed by atoms with Crippen molar-refractivity contribution in [2.75, 3.05) is 36.9 Å². The van der Waals surface area contributed by atoms with Gasteiger partial charge in [-0.25, -0.2) is 8.42 Å². The Bertz CT molecular complexity index is 821. The van der Waals surface area contributed by atoms with Crippen LogP contribution >= 0.6 is 0 Å². The number of hydrogen-bond acceptors (Lipinski definition) is 5. The van der Waals surface area contributed by atoms with Crippen LogP contribution in [-0.4, -0.2) is 35.7 Å². The fraction of sp³-hybridized carbons (Fsp3) is 0.250. The molecule has 23 heavy (non-hydrogen) atoms. The first kappa shape index (κ1) is 15.5. The van der Waals surface area contributed by atoms with Gasteiger partial charge in [-0.3, -0.25) is 4.72 Å². The summed E-state index contributed by atoms with van der Waals surface area (Å²) in [6.07, 6.45) is 0. The lowest BCUT2D eigenvalue weighted by molar-refractivity contribution is 0.311. The molecular formula is C16H18N2O4S. The quantitative estimate of drug-likeness (QED) is 0.929. The predicted octanol–water partition coefficient (Wildman–Crippen LogP) is 2.32. The summed E-state index contributed by atoms with van der Waals surface area (Å²) in [5.74, 6) is 1.28. The number of nitrogens with zero attached hydrogens (tertiary/aromatic N) is 1. The van der Waals surface area contributed by atoms with Crippen molar-refractivity contribution >= 4 is 21.4 Å². The Morgan fingerprint density at radius 1 is 1.22 bits per heavy atom. The van der Waals surface area contributed by atoms with Crippen molar-refractivity contribution in [3.05, 3.63) is 42.5 Å². The van der Waals surface area contributed by atoms with Gasteiger partial charge < -0.3 is 14.4 Å². The highest BCUT2D eigenvalue weighted by Gasteiger charge is 2.21. The summed E-state index contributed by atoms with van der Waals surface area (Å²) in [7, 11) is -0.238. The minimum Gasteiger partial charge on any atom is -0.497 e. The molecule has 0 spiro atoms. The summed E-state index contributed by atoms with van der Waals surface area (Å²) < 4.78 is 38.4. The highest BCUT2D eigenvalue weighted by atomic mass is 32.2. The highest BCUT2D eigenvalue weighted by Crippen LogP contribution is 2.33.